The third-order valence-corrected chi connectivity index (χ3v) is 3.62. The summed E-state index contributed by atoms with van der Waals surface area (Å²) < 4.78 is 10.5. The van der Waals surface area contributed by atoms with E-state index in [4.69, 9.17) is 9.15 Å². The summed E-state index contributed by atoms with van der Waals surface area (Å²) >= 11 is 0. The fourth-order valence-electron chi connectivity index (χ4n) is 2.44. The van der Waals surface area contributed by atoms with E-state index in [1.54, 1.807) is 24.9 Å². The molecule has 0 spiro atoms. The molecule has 2 heterocycles. The Morgan fingerprint density at radius 1 is 1.16 bits per heavy atom. The van der Waals surface area contributed by atoms with Gasteiger partial charge in [-0.3, -0.25) is 14.8 Å². The molecule has 0 aliphatic rings. The predicted molar refractivity (Wildman–Crippen MR) is 92.9 cm³/mol. The molecule has 3 aromatic rings. The number of hydrogen-bond acceptors (Lipinski definition) is 5. The van der Waals surface area contributed by atoms with Crippen LogP contribution in [0.2, 0.25) is 0 Å². The van der Waals surface area contributed by atoms with Crippen LogP contribution in [0, 0.1) is 0 Å². The van der Waals surface area contributed by atoms with E-state index in [1.807, 2.05) is 37.3 Å². The van der Waals surface area contributed by atoms with E-state index in [9.17, 15) is 4.79 Å². The van der Waals surface area contributed by atoms with Gasteiger partial charge in [-0.2, -0.15) is 0 Å². The summed E-state index contributed by atoms with van der Waals surface area (Å²) in [6.45, 7) is 2.87. The maximum absolute atomic E-state index is 12.2. The van der Waals surface area contributed by atoms with Crippen molar-refractivity contribution in [3.05, 3.63) is 66.5 Å². The van der Waals surface area contributed by atoms with Gasteiger partial charge in [-0.25, -0.2) is 0 Å². The quantitative estimate of drug-likeness (QED) is 0.717. The number of aromatic nitrogens is 2. The number of carbonyl (C=O) groups is 1. The Labute approximate surface area is 145 Å². The van der Waals surface area contributed by atoms with E-state index >= 15 is 0 Å². The predicted octanol–water partition coefficient (Wildman–Crippen LogP) is 2.99. The molecule has 128 valence electrons. The minimum absolute atomic E-state index is 0.0760. The molecule has 0 atom stereocenters. The molecule has 0 unspecified atom stereocenters. The molecule has 0 saturated heterocycles. The molecule has 25 heavy (non-hydrogen) atoms. The molecule has 0 bridgehead atoms. The highest BCUT2D eigenvalue weighted by Crippen LogP contribution is 2.19. The molecule has 6 nitrogen and oxygen atoms in total. The molecule has 1 aromatic carbocycles. The monoisotopic (exact) mass is 337 g/mol. The van der Waals surface area contributed by atoms with Crippen molar-refractivity contribution in [1.29, 1.82) is 0 Å². The van der Waals surface area contributed by atoms with Crippen LogP contribution in [0.15, 0.2) is 59.7 Å². The van der Waals surface area contributed by atoms with Crippen LogP contribution in [-0.4, -0.2) is 22.5 Å². The summed E-state index contributed by atoms with van der Waals surface area (Å²) in [5.74, 6) is 0.726. The highest BCUT2D eigenvalue weighted by Gasteiger charge is 2.11. The highest BCUT2D eigenvalue weighted by molar-refractivity contribution is 5.78. The summed E-state index contributed by atoms with van der Waals surface area (Å²) in [5.41, 5.74) is 3.17. The lowest BCUT2D eigenvalue weighted by Crippen LogP contribution is -2.25. The van der Waals surface area contributed by atoms with Gasteiger partial charge in [-0.15, -0.1) is 0 Å². The Morgan fingerprint density at radius 2 is 1.96 bits per heavy atom. The lowest BCUT2D eigenvalue weighted by Gasteiger charge is -2.08. The standard InChI is InChI=1S/C19H19N3O3/c1-2-25-16-5-3-14(4-6-16)11-18(23)22-12-17-19(21-9-8-20-17)15-7-10-24-13-15/h3-10,13H,2,11-12H2,1H3,(H,22,23). The van der Waals surface area contributed by atoms with Crippen molar-refractivity contribution in [2.24, 2.45) is 0 Å². The first-order chi connectivity index (χ1) is 12.3. The van der Waals surface area contributed by atoms with Gasteiger partial charge in [0.05, 0.1) is 43.5 Å². The van der Waals surface area contributed by atoms with Gasteiger partial charge < -0.3 is 14.5 Å². The number of hydrogen-bond donors (Lipinski definition) is 1. The minimum Gasteiger partial charge on any atom is -0.494 e. The molecule has 2 aromatic heterocycles. The van der Waals surface area contributed by atoms with Crippen molar-refractivity contribution in [3.8, 4) is 17.0 Å². The van der Waals surface area contributed by atoms with Crippen LogP contribution in [0.3, 0.4) is 0 Å². The van der Waals surface area contributed by atoms with E-state index in [-0.39, 0.29) is 5.91 Å². The second-order valence-electron chi connectivity index (χ2n) is 5.39. The first kappa shape index (κ1) is 16.7. The van der Waals surface area contributed by atoms with Gasteiger partial charge in [-0.05, 0) is 30.7 Å². The van der Waals surface area contributed by atoms with Crippen LogP contribution < -0.4 is 10.1 Å². The fraction of sp³-hybridized carbons (Fsp3) is 0.211. The number of nitrogens with one attached hydrogen (secondary N) is 1. The third kappa shape index (κ3) is 4.44. The highest BCUT2D eigenvalue weighted by atomic mass is 16.5. The number of ether oxygens (including phenoxy) is 1. The fourth-order valence-corrected chi connectivity index (χ4v) is 2.44. The van der Waals surface area contributed by atoms with Crippen LogP contribution in [0.25, 0.3) is 11.3 Å². The number of nitrogens with zero attached hydrogens (tertiary/aromatic N) is 2. The zero-order valence-electron chi connectivity index (χ0n) is 13.9. The van der Waals surface area contributed by atoms with Gasteiger partial charge in [0.1, 0.15) is 5.75 Å². The van der Waals surface area contributed by atoms with Gasteiger partial charge in [0, 0.05) is 18.0 Å². The Hall–Kier alpha value is -3.15. The molecule has 3 rings (SSSR count). The van der Waals surface area contributed by atoms with E-state index in [0.29, 0.717) is 31.0 Å². The van der Waals surface area contributed by atoms with Gasteiger partial charge in [0.15, 0.2) is 0 Å². The zero-order chi connectivity index (χ0) is 17.5. The number of benzene rings is 1. The molecule has 0 fully saturated rings. The van der Waals surface area contributed by atoms with Crippen LogP contribution >= 0.6 is 0 Å². The molecular weight excluding hydrogens is 318 g/mol. The van der Waals surface area contributed by atoms with Crippen molar-refractivity contribution in [1.82, 2.24) is 15.3 Å². The lowest BCUT2D eigenvalue weighted by atomic mass is 10.1. The lowest BCUT2D eigenvalue weighted by molar-refractivity contribution is -0.120. The van der Waals surface area contributed by atoms with Gasteiger partial charge in [0.2, 0.25) is 5.91 Å². The summed E-state index contributed by atoms with van der Waals surface area (Å²) in [6.07, 6.45) is 6.71. The Kier molecular flexibility index (Phi) is 5.41. The number of furan rings is 1. The van der Waals surface area contributed by atoms with Crippen LogP contribution in [0.5, 0.6) is 5.75 Å². The van der Waals surface area contributed by atoms with Crippen molar-refractivity contribution in [3.63, 3.8) is 0 Å². The van der Waals surface area contributed by atoms with E-state index < -0.39 is 0 Å². The number of rotatable bonds is 7. The van der Waals surface area contributed by atoms with Crippen LogP contribution in [0.4, 0.5) is 0 Å². The minimum atomic E-state index is -0.0760. The number of amides is 1. The first-order valence-electron chi connectivity index (χ1n) is 8.07. The van der Waals surface area contributed by atoms with Gasteiger partial charge in [-0.1, -0.05) is 12.1 Å². The Bertz CT molecular complexity index is 814. The number of carbonyl (C=O) groups excluding carboxylic acids is 1. The SMILES string of the molecule is CCOc1ccc(CC(=O)NCc2nccnc2-c2ccoc2)cc1. The Balaban J connectivity index is 1.59. The van der Waals surface area contributed by atoms with E-state index in [2.05, 4.69) is 15.3 Å². The van der Waals surface area contributed by atoms with Gasteiger partial charge >= 0.3 is 0 Å². The molecule has 6 heteroatoms. The van der Waals surface area contributed by atoms with E-state index in [0.717, 1.165) is 16.9 Å². The molecule has 0 radical (unpaired) electrons. The summed E-state index contributed by atoms with van der Waals surface area (Å²) in [6, 6.07) is 9.33. The average molecular weight is 337 g/mol. The second kappa shape index (κ2) is 8.10. The third-order valence-electron chi connectivity index (χ3n) is 3.62. The molecule has 0 aliphatic heterocycles. The molecular formula is C19H19N3O3. The van der Waals surface area contributed by atoms with Gasteiger partial charge in [0.25, 0.3) is 0 Å². The first-order valence-corrected chi connectivity index (χ1v) is 8.07. The molecule has 1 amide bonds. The van der Waals surface area contributed by atoms with E-state index in [1.165, 1.54) is 0 Å². The van der Waals surface area contributed by atoms with Crippen molar-refractivity contribution < 1.29 is 13.9 Å². The Morgan fingerprint density at radius 3 is 2.68 bits per heavy atom. The zero-order valence-corrected chi connectivity index (χ0v) is 13.9. The van der Waals surface area contributed by atoms with Crippen molar-refractivity contribution in [2.75, 3.05) is 6.61 Å². The molecule has 0 saturated carbocycles. The van der Waals surface area contributed by atoms with Crippen LogP contribution in [-0.2, 0) is 17.8 Å². The summed E-state index contributed by atoms with van der Waals surface area (Å²) in [4.78, 5) is 20.8. The second-order valence-corrected chi connectivity index (χ2v) is 5.39. The topological polar surface area (TPSA) is 77.2 Å². The largest absolute Gasteiger partial charge is 0.494 e. The summed E-state index contributed by atoms with van der Waals surface area (Å²) in [5, 5.41) is 2.89. The van der Waals surface area contributed by atoms with Crippen molar-refractivity contribution in [2.45, 2.75) is 19.9 Å². The van der Waals surface area contributed by atoms with Crippen molar-refractivity contribution >= 4 is 5.91 Å². The maximum atomic E-state index is 12.2. The molecule has 0 aliphatic carbocycles. The summed E-state index contributed by atoms with van der Waals surface area (Å²) in [7, 11) is 0. The average Bonchev–Trinajstić information content (AvgIpc) is 3.17. The van der Waals surface area contributed by atoms with Crippen LogP contribution in [0.1, 0.15) is 18.2 Å². The smallest absolute Gasteiger partial charge is 0.224 e. The normalized spacial score (nSPS) is 10.4. The maximum Gasteiger partial charge on any atom is 0.224 e. The molecule has 1 N–H and O–H groups in total.